The van der Waals surface area contributed by atoms with E-state index in [1.807, 2.05) is 0 Å². The summed E-state index contributed by atoms with van der Waals surface area (Å²) in [5.74, 6) is -1.34. The number of nitrogens with two attached hydrogens (primary N) is 1. The lowest BCUT2D eigenvalue weighted by atomic mass is 10.1. The normalized spacial score (nSPS) is 12.1. The Morgan fingerprint density at radius 1 is 1.41 bits per heavy atom. The number of aromatic nitrogens is 1. The molecule has 22 heavy (non-hydrogen) atoms. The maximum absolute atomic E-state index is 12.9. The summed E-state index contributed by atoms with van der Waals surface area (Å²) < 4.78 is 38.7. The Kier molecular flexibility index (Phi) is 4.92. The van der Waals surface area contributed by atoms with Gasteiger partial charge in [0.05, 0.1) is 11.1 Å². The second kappa shape index (κ2) is 6.14. The number of aromatic amines is 1. The SMILES string of the molecule is CN=C(N)NC(=O)c1cc2c(C(F)(F)F)ccc(O)c2[nH]1.Cl. The smallest absolute Gasteiger partial charge is 0.417 e. The van der Waals surface area contributed by atoms with Crippen LogP contribution in [0.1, 0.15) is 16.1 Å². The van der Waals surface area contributed by atoms with Crippen molar-refractivity contribution in [3.63, 3.8) is 0 Å². The fraction of sp³-hybridized carbons (Fsp3) is 0.167. The third-order valence-electron chi connectivity index (χ3n) is 2.80. The molecule has 2 rings (SSSR count). The number of hydrogen-bond donors (Lipinski definition) is 4. The quantitative estimate of drug-likeness (QED) is 0.473. The van der Waals surface area contributed by atoms with Crippen LogP contribution in [0.15, 0.2) is 23.2 Å². The largest absolute Gasteiger partial charge is 0.506 e. The number of aromatic hydroxyl groups is 1. The topological polar surface area (TPSA) is 104 Å². The van der Waals surface area contributed by atoms with Crippen LogP contribution in [-0.2, 0) is 6.18 Å². The number of rotatable bonds is 1. The van der Waals surface area contributed by atoms with E-state index in [1.54, 1.807) is 0 Å². The summed E-state index contributed by atoms with van der Waals surface area (Å²) in [7, 11) is 1.34. The van der Waals surface area contributed by atoms with E-state index in [0.717, 1.165) is 18.2 Å². The van der Waals surface area contributed by atoms with Gasteiger partial charge in [-0.3, -0.25) is 15.1 Å². The highest BCUT2D eigenvalue weighted by atomic mass is 35.5. The number of carbonyl (C=O) groups excluding carboxylic acids is 1. The maximum atomic E-state index is 12.9. The van der Waals surface area contributed by atoms with E-state index in [1.165, 1.54) is 7.05 Å². The zero-order chi connectivity index (χ0) is 15.8. The zero-order valence-electron chi connectivity index (χ0n) is 11.2. The second-order valence-electron chi connectivity index (χ2n) is 4.16. The number of phenolic OH excluding ortho intramolecular Hbond substituents is 1. The Morgan fingerprint density at radius 3 is 2.59 bits per heavy atom. The molecule has 0 saturated heterocycles. The first kappa shape index (κ1) is 17.6. The van der Waals surface area contributed by atoms with Crippen LogP contribution in [0, 0.1) is 0 Å². The van der Waals surface area contributed by atoms with Crippen LogP contribution in [0.3, 0.4) is 0 Å². The first-order chi connectivity index (χ1) is 9.74. The summed E-state index contributed by atoms with van der Waals surface area (Å²) in [5, 5.41) is 11.5. The van der Waals surface area contributed by atoms with Crippen molar-refractivity contribution in [3.8, 4) is 5.75 Å². The van der Waals surface area contributed by atoms with Gasteiger partial charge in [0.25, 0.3) is 5.91 Å². The molecule has 10 heteroatoms. The molecule has 6 nitrogen and oxygen atoms in total. The van der Waals surface area contributed by atoms with Crippen molar-refractivity contribution >= 4 is 35.2 Å². The molecule has 0 aliphatic carbocycles. The number of carbonyl (C=O) groups is 1. The zero-order valence-corrected chi connectivity index (χ0v) is 12.0. The Hall–Kier alpha value is -2.42. The number of phenols is 1. The third kappa shape index (κ3) is 3.25. The van der Waals surface area contributed by atoms with Gasteiger partial charge in [-0.15, -0.1) is 12.4 Å². The van der Waals surface area contributed by atoms with Crippen LogP contribution >= 0.6 is 12.4 Å². The van der Waals surface area contributed by atoms with Gasteiger partial charge in [-0.1, -0.05) is 0 Å². The second-order valence-corrected chi connectivity index (χ2v) is 4.16. The van der Waals surface area contributed by atoms with Gasteiger partial charge in [-0.25, -0.2) is 0 Å². The van der Waals surface area contributed by atoms with Crippen molar-refractivity contribution in [2.24, 2.45) is 10.7 Å². The Morgan fingerprint density at radius 2 is 2.05 bits per heavy atom. The highest BCUT2D eigenvalue weighted by molar-refractivity contribution is 6.07. The van der Waals surface area contributed by atoms with Crippen molar-refractivity contribution in [3.05, 3.63) is 29.5 Å². The number of fused-ring (bicyclic) bond motifs is 1. The average molecular weight is 337 g/mol. The van der Waals surface area contributed by atoms with E-state index in [9.17, 15) is 23.1 Å². The van der Waals surface area contributed by atoms with E-state index < -0.39 is 23.4 Å². The van der Waals surface area contributed by atoms with Gasteiger partial charge in [0, 0.05) is 12.4 Å². The first-order valence-electron chi connectivity index (χ1n) is 5.69. The molecule has 120 valence electrons. The van der Waals surface area contributed by atoms with Crippen LogP contribution in [0.5, 0.6) is 5.75 Å². The van der Waals surface area contributed by atoms with Gasteiger partial charge in [-0.05, 0) is 18.2 Å². The Labute approximate surface area is 128 Å². The number of halogens is 4. The molecule has 0 aliphatic rings. The molecule has 1 aromatic heterocycles. The minimum absolute atomic E-state index is 0. The van der Waals surface area contributed by atoms with Crippen LogP contribution < -0.4 is 11.1 Å². The van der Waals surface area contributed by atoms with Gasteiger partial charge in [0.15, 0.2) is 5.96 Å². The number of amides is 1. The number of hydrogen-bond acceptors (Lipinski definition) is 3. The first-order valence-corrected chi connectivity index (χ1v) is 5.69. The van der Waals surface area contributed by atoms with E-state index in [2.05, 4.69) is 15.3 Å². The van der Waals surface area contributed by atoms with E-state index >= 15 is 0 Å². The minimum Gasteiger partial charge on any atom is -0.506 e. The van der Waals surface area contributed by atoms with Crippen LogP contribution in [0.4, 0.5) is 13.2 Å². The summed E-state index contributed by atoms with van der Waals surface area (Å²) >= 11 is 0. The lowest BCUT2D eigenvalue weighted by Gasteiger charge is -2.08. The van der Waals surface area contributed by atoms with Crippen LogP contribution in [-0.4, -0.2) is 29.0 Å². The highest BCUT2D eigenvalue weighted by Crippen LogP contribution is 2.38. The number of alkyl halides is 3. The van der Waals surface area contributed by atoms with Gasteiger partial charge in [-0.2, -0.15) is 13.2 Å². The van der Waals surface area contributed by atoms with Crippen LogP contribution in [0.25, 0.3) is 10.9 Å². The molecule has 0 aliphatic heterocycles. The van der Waals surface area contributed by atoms with Crippen molar-refractivity contribution in [2.75, 3.05) is 7.05 Å². The number of aliphatic imine (C=N–C) groups is 1. The van der Waals surface area contributed by atoms with Gasteiger partial charge in [0.1, 0.15) is 11.4 Å². The monoisotopic (exact) mass is 336 g/mol. The van der Waals surface area contributed by atoms with Crippen molar-refractivity contribution in [2.45, 2.75) is 6.18 Å². The molecule has 0 radical (unpaired) electrons. The summed E-state index contributed by atoms with van der Waals surface area (Å²) in [6.07, 6.45) is -4.61. The lowest BCUT2D eigenvalue weighted by Crippen LogP contribution is -2.36. The molecular weight excluding hydrogens is 325 g/mol. The van der Waals surface area contributed by atoms with E-state index in [-0.39, 0.29) is 35.0 Å². The number of nitrogens with one attached hydrogen (secondary N) is 2. The lowest BCUT2D eigenvalue weighted by molar-refractivity contribution is -0.136. The molecule has 2 aromatic rings. The maximum Gasteiger partial charge on any atom is 0.417 e. The Balaban J connectivity index is 0.00000242. The molecule has 0 bridgehead atoms. The molecule has 0 saturated carbocycles. The number of benzene rings is 1. The molecule has 1 aromatic carbocycles. The molecule has 0 spiro atoms. The van der Waals surface area contributed by atoms with E-state index in [4.69, 9.17) is 5.73 Å². The average Bonchev–Trinajstić information content (AvgIpc) is 2.83. The number of H-pyrrole nitrogens is 1. The third-order valence-corrected chi connectivity index (χ3v) is 2.80. The summed E-state index contributed by atoms with van der Waals surface area (Å²) in [5.41, 5.74) is 4.00. The molecule has 1 heterocycles. The number of nitrogens with zero attached hydrogens (tertiary/aromatic N) is 1. The Bertz CT molecular complexity index is 740. The van der Waals surface area contributed by atoms with Crippen molar-refractivity contribution < 1.29 is 23.1 Å². The van der Waals surface area contributed by atoms with Crippen molar-refractivity contribution in [1.29, 1.82) is 0 Å². The highest BCUT2D eigenvalue weighted by Gasteiger charge is 2.33. The minimum atomic E-state index is -4.61. The summed E-state index contributed by atoms with van der Waals surface area (Å²) in [6.45, 7) is 0. The molecule has 0 fully saturated rings. The fourth-order valence-corrected chi connectivity index (χ4v) is 1.81. The summed E-state index contributed by atoms with van der Waals surface area (Å²) in [4.78, 5) is 17.7. The standard InChI is InChI=1S/C12H11F3N4O2.ClH/c1-17-11(16)19-10(21)7-4-5-6(12(13,14)15)2-3-8(20)9(5)18-7;/h2-4,18,20H,1H3,(H3,16,17,19,21);1H. The van der Waals surface area contributed by atoms with Gasteiger partial charge < -0.3 is 15.8 Å². The predicted molar refractivity (Wildman–Crippen MR) is 77.2 cm³/mol. The van der Waals surface area contributed by atoms with Gasteiger partial charge in [0.2, 0.25) is 0 Å². The van der Waals surface area contributed by atoms with Crippen molar-refractivity contribution in [1.82, 2.24) is 10.3 Å². The molecular formula is C12H12ClF3N4O2. The van der Waals surface area contributed by atoms with Gasteiger partial charge >= 0.3 is 6.18 Å². The van der Waals surface area contributed by atoms with E-state index in [0.29, 0.717) is 0 Å². The molecule has 0 atom stereocenters. The molecule has 5 N–H and O–H groups in total. The fourth-order valence-electron chi connectivity index (χ4n) is 1.81. The predicted octanol–water partition coefficient (Wildman–Crippen LogP) is 1.99. The molecule has 1 amide bonds. The van der Waals surface area contributed by atoms with Crippen LogP contribution in [0.2, 0.25) is 0 Å². The number of guanidine groups is 1. The molecule has 0 unspecified atom stereocenters. The summed E-state index contributed by atoms with van der Waals surface area (Å²) in [6, 6.07) is 2.65.